The van der Waals surface area contributed by atoms with Gasteiger partial charge in [-0.05, 0) is 53.0 Å². The van der Waals surface area contributed by atoms with E-state index in [0.29, 0.717) is 0 Å². The van der Waals surface area contributed by atoms with Gasteiger partial charge in [0.1, 0.15) is 0 Å². The highest BCUT2D eigenvalue weighted by molar-refractivity contribution is 7.26. The number of hydrogen-bond donors (Lipinski definition) is 0. The van der Waals surface area contributed by atoms with Gasteiger partial charge < -0.3 is 0 Å². The maximum atomic E-state index is 4.74. The molecule has 2 heteroatoms. The summed E-state index contributed by atoms with van der Waals surface area (Å²) in [6.45, 7) is 9.60. The highest BCUT2D eigenvalue weighted by Gasteiger charge is 2.37. The van der Waals surface area contributed by atoms with E-state index in [-0.39, 0.29) is 10.8 Å². The van der Waals surface area contributed by atoms with E-state index < -0.39 is 0 Å². The predicted octanol–water partition coefficient (Wildman–Crippen LogP) is 7.47. The van der Waals surface area contributed by atoms with E-state index in [2.05, 4.69) is 76.2 Å². The summed E-state index contributed by atoms with van der Waals surface area (Å²) in [6.07, 6.45) is 4.46. The van der Waals surface area contributed by atoms with E-state index in [1.54, 1.807) is 0 Å². The van der Waals surface area contributed by atoms with Crippen molar-refractivity contribution in [3.63, 3.8) is 0 Å². The van der Waals surface area contributed by atoms with Crippen LogP contribution in [0.1, 0.15) is 51.7 Å². The number of pyridine rings is 1. The quantitative estimate of drug-likeness (QED) is 0.338. The Bertz CT molecular complexity index is 1170. The summed E-state index contributed by atoms with van der Waals surface area (Å²) in [4.78, 5) is 4.74. The summed E-state index contributed by atoms with van der Waals surface area (Å²) >= 11 is 1.89. The first-order valence-electron chi connectivity index (χ1n) is 9.78. The lowest BCUT2D eigenvalue weighted by atomic mass is 9.63. The van der Waals surface area contributed by atoms with E-state index in [1.165, 1.54) is 49.7 Å². The molecule has 2 aromatic heterocycles. The lowest BCUT2D eigenvalue weighted by Crippen LogP contribution is -2.33. The Kier molecular flexibility index (Phi) is 3.55. The third-order valence-corrected chi connectivity index (χ3v) is 7.58. The maximum absolute atomic E-state index is 4.74. The molecule has 4 aromatic rings. The zero-order chi connectivity index (χ0) is 18.8. The van der Waals surface area contributed by atoms with Crippen molar-refractivity contribution in [2.24, 2.45) is 0 Å². The molecule has 0 saturated carbocycles. The molecule has 0 radical (unpaired) electrons. The van der Waals surface area contributed by atoms with Gasteiger partial charge in [0, 0.05) is 27.2 Å². The van der Waals surface area contributed by atoms with Crippen LogP contribution in [-0.2, 0) is 10.8 Å². The van der Waals surface area contributed by atoms with Gasteiger partial charge in [-0.15, -0.1) is 11.3 Å². The SMILES string of the molecule is CC1(C)CCC(C)(C)c2cc3c(cc21)sc1c(-c2ccccc2)nccc13. The van der Waals surface area contributed by atoms with Gasteiger partial charge in [0.25, 0.3) is 0 Å². The van der Waals surface area contributed by atoms with Gasteiger partial charge >= 0.3 is 0 Å². The number of rotatable bonds is 1. The Hall–Kier alpha value is -2.19. The second-order valence-electron chi connectivity index (χ2n) is 9.17. The van der Waals surface area contributed by atoms with Crippen molar-refractivity contribution >= 4 is 31.5 Å². The molecule has 1 aliphatic carbocycles. The van der Waals surface area contributed by atoms with Crippen molar-refractivity contribution in [3.8, 4) is 11.3 Å². The third kappa shape index (κ3) is 2.54. The minimum atomic E-state index is 0.239. The van der Waals surface area contributed by atoms with Crippen molar-refractivity contribution in [1.29, 1.82) is 0 Å². The van der Waals surface area contributed by atoms with Gasteiger partial charge in [0.15, 0.2) is 0 Å². The molecule has 0 unspecified atom stereocenters. The summed E-state index contributed by atoms with van der Waals surface area (Å²) in [7, 11) is 0. The maximum Gasteiger partial charge on any atom is 0.0880 e. The van der Waals surface area contributed by atoms with Crippen LogP contribution >= 0.6 is 11.3 Å². The van der Waals surface area contributed by atoms with Gasteiger partial charge in [-0.1, -0.05) is 58.0 Å². The number of aromatic nitrogens is 1. The Labute approximate surface area is 165 Å². The van der Waals surface area contributed by atoms with Gasteiger partial charge in [0.2, 0.25) is 0 Å². The minimum Gasteiger partial charge on any atom is -0.255 e. The fourth-order valence-electron chi connectivity index (χ4n) is 4.56. The lowest BCUT2D eigenvalue weighted by molar-refractivity contribution is 0.332. The minimum absolute atomic E-state index is 0.239. The molecule has 2 heterocycles. The monoisotopic (exact) mass is 371 g/mol. The van der Waals surface area contributed by atoms with Crippen LogP contribution in [0.4, 0.5) is 0 Å². The number of thiophene rings is 1. The molecular weight excluding hydrogens is 346 g/mol. The van der Waals surface area contributed by atoms with Crippen molar-refractivity contribution in [1.82, 2.24) is 4.98 Å². The lowest BCUT2D eigenvalue weighted by Gasteiger charge is -2.41. The summed E-state index contributed by atoms with van der Waals surface area (Å²) in [5, 5.41) is 2.73. The number of hydrogen-bond acceptors (Lipinski definition) is 2. The summed E-state index contributed by atoms with van der Waals surface area (Å²) in [5.41, 5.74) is 5.85. The molecule has 0 saturated heterocycles. The molecule has 0 atom stereocenters. The Morgan fingerprint density at radius 2 is 1.48 bits per heavy atom. The van der Waals surface area contributed by atoms with Gasteiger partial charge in [0.05, 0.1) is 10.4 Å². The second kappa shape index (κ2) is 5.65. The Morgan fingerprint density at radius 3 is 2.19 bits per heavy atom. The van der Waals surface area contributed by atoms with Crippen LogP contribution < -0.4 is 0 Å². The molecule has 0 amide bonds. The van der Waals surface area contributed by atoms with Crippen molar-refractivity contribution in [2.45, 2.75) is 51.4 Å². The highest BCUT2D eigenvalue weighted by atomic mass is 32.1. The molecule has 2 aromatic carbocycles. The fourth-order valence-corrected chi connectivity index (χ4v) is 5.79. The molecule has 27 heavy (non-hydrogen) atoms. The van der Waals surface area contributed by atoms with Crippen LogP contribution in [0.25, 0.3) is 31.4 Å². The molecule has 1 aliphatic rings. The summed E-state index contributed by atoms with van der Waals surface area (Å²) < 4.78 is 2.69. The van der Waals surface area contributed by atoms with Crippen molar-refractivity contribution < 1.29 is 0 Å². The van der Waals surface area contributed by atoms with E-state index in [0.717, 1.165) is 5.69 Å². The highest BCUT2D eigenvalue weighted by Crippen LogP contribution is 2.49. The van der Waals surface area contributed by atoms with Crippen molar-refractivity contribution in [3.05, 3.63) is 65.9 Å². The average Bonchev–Trinajstić information content (AvgIpc) is 3.03. The Balaban J connectivity index is 1.85. The van der Waals surface area contributed by atoms with E-state index in [9.17, 15) is 0 Å². The molecule has 0 aliphatic heterocycles. The summed E-state index contributed by atoms with van der Waals surface area (Å²) in [6, 6.07) is 17.7. The van der Waals surface area contributed by atoms with Crippen molar-refractivity contribution in [2.75, 3.05) is 0 Å². The first-order valence-corrected chi connectivity index (χ1v) is 10.6. The topological polar surface area (TPSA) is 12.9 Å². The molecule has 136 valence electrons. The van der Waals surface area contributed by atoms with E-state index >= 15 is 0 Å². The second-order valence-corrected chi connectivity index (χ2v) is 10.2. The number of benzene rings is 2. The first-order chi connectivity index (χ1) is 12.9. The van der Waals surface area contributed by atoms with E-state index in [4.69, 9.17) is 4.98 Å². The first kappa shape index (κ1) is 16.9. The average molecular weight is 372 g/mol. The third-order valence-electron chi connectivity index (χ3n) is 6.41. The summed E-state index contributed by atoms with van der Waals surface area (Å²) in [5.74, 6) is 0. The van der Waals surface area contributed by atoms with Gasteiger partial charge in [-0.25, -0.2) is 0 Å². The van der Waals surface area contributed by atoms with Gasteiger partial charge in [-0.2, -0.15) is 0 Å². The molecular formula is C25H25NS. The van der Waals surface area contributed by atoms with E-state index in [1.807, 2.05) is 17.5 Å². The van der Waals surface area contributed by atoms with Crippen LogP contribution in [0.2, 0.25) is 0 Å². The largest absolute Gasteiger partial charge is 0.255 e. The Morgan fingerprint density at radius 1 is 0.815 bits per heavy atom. The smallest absolute Gasteiger partial charge is 0.0880 e. The molecule has 0 bridgehead atoms. The zero-order valence-electron chi connectivity index (χ0n) is 16.5. The fraction of sp³-hybridized carbons (Fsp3) is 0.320. The van der Waals surface area contributed by atoms with Crippen LogP contribution in [0, 0.1) is 0 Å². The van der Waals surface area contributed by atoms with Crippen LogP contribution in [0.3, 0.4) is 0 Å². The standard InChI is InChI=1S/C25H25NS/c1-24(2)11-12-25(3,4)20-15-21-18(14-19(20)24)17-10-13-26-22(23(17)27-21)16-8-6-5-7-9-16/h5-10,13-15H,11-12H2,1-4H3. The molecule has 1 nitrogen and oxygen atoms in total. The van der Waals surface area contributed by atoms with Crippen LogP contribution in [0.5, 0.6) is 0 Å². The predicted molar refractivity (Wildman–Crippen MR) is 118 cm³/mol. The number of fused-ring (bicyclic) bond motifs is 4. The molecule has 0 N–H and O–H groups in total. The molecule has 5 rings (SSSR count). The number of nitrogens with zero attached hydrogens (tertiary/aromatic N) is 1. The molecule has 0 fully saturated rings. The van der Waals surface area contributed by atoms with Crippen LogP contribution in [0.15, 0.2) is 54.7 Å². The zero-order valence-corrected chi connectivity index (χ0v) is 17.3. The normalized spacial score (nSPS) is 17.9. The van der Waals surface area contributed by atoms with Gasteiger partial charge in [-0.3, -0.25) is 4.98 Å². The van der Waals surface area contributed by atoms with Crippen LogP contribution in [-0.4, -0.2) is 4.98 Å². The molecule has 0 spiro atoms.